The molecule has 1 aromatic carbocycles. The Labute approximate surface area is 146 Å². The molecule has 0 bridgehead atoms. The van der Waals surface area contributed by atoms with E-state index in [-0.39, 0.29) is 35.3 Å². The number of phenols is 1. The fourth-order valence-electron chi connectivity index (χ4n) is 3.92. The largest absolute Gasteiger partial charge is 0.504 e. The van der Waals surface area contributed by atoms with Gasteiger partial charge in [0.05, 0.1) is 24.0 Å². The number of ether oxygens (including phenoxy) is 1. The molecule has 1 aliphatic carbocycles. The van der Waals surface area contributed by atoms with Crippen LogP contribution in [0.15, 0.2) is 18.2 Å². The number of carbonyl (C=O) groups excluding carboxylic acids is 3. The summed E-state index contributed by atoms with van der Waals surface area (Å²) in [6, 6.07) is 4.50. The Hall–Kier alpha value is -2.21. The number of hydrogen-bond acceptors (Lipinski definition) is 6. The maximum atomic E-state index is 12.5. The van der Waals surface area contributed by atoms with Crippen molar-refractivity contribution in [2.45, 2.75) is 45.6 Å². The van der Waals surface area contributed by atoms with E-state index in [1.165, 1.54) is 32.9 Å². The zero-order chi connectivity index (χ0) is 18.9. The number of phenolic OH excluding ortho intramolecular Hbond substituents is 1. The van der Waals surface area contributed by atoms with Crippen molar-refractivity contribution in [3.8, 4) is 11.5 Å². The molecule has 1 fully saturated rings. The average molecular weight is 348 g/mol. The first-order valence-corrected chi connectivity index (χ1v) is 8.31. The number of ketones is 3. The monoisotopic (exact) mass is 348 g/mol. The Morgan fingerprint density at radius 2 is 1.92 bits per heavy atom. The van der Waals surface area contributed by atoms with Gasteiger partial charge in [-0.3, -0.25) is 14.4 Å². The van der Waals surface area contributed by atoms with E-state index in [1.807, 2.05) is 0 Å². The smallest absolute Gasteiger partial charge is 0.161 e. The summed E-state index contributed by atoms with van der Waals surface area (Å²) in [4.78, 5) is 37.0. The molecule has 2 N–H and O–H groups in total. The molecule has 0 aromatic heterocycles. The third-order valence-corrected chi connectivity index (χ3v) is 4.81. The third-order valence-electron chi connectivity index (χ3n) is 4.81. The van der Waals surface area contributed by atoms with Gasteiger partial charge in [-0.05, 0) is 45.4 Å². The Morgan fingerprint density at radius 1 is 1.28 bits per heavy atom. The lowest BCUT2D eigenvalue weighted by Crippen LogP contribution is -2.53. The van der Waals surface area contributed by atoms with Gasteiger partial charge in [0, 0.05) is 12.3 Å². The van der Waals surface area contributed by atoms with Gasteiger partial charge in [0.2, 0.25) is 0 Å². The van der Waals surface area contributed by atoms with Gasteiger partial charge >= 0.3 is 0 Å². The van der Waals surface area contributed by atoms with Crippen molar-refractivity contribution in [2.24, 2.45) is 11.8 Å². The van der Waals surface area contributed by atoms with Crippen molar-refractivity contribution in [3.63, 3.8) is 0 Å². The highest BCUT2D eigenvalue weighted by Gasteiger charge is 2.53. The Morgan fingerprint density at radius 3 is 2.44 bits per heavy atom. The van der Waals surface area contributed by atoms with Crippen LogP contribution >= 0.6 is 0 Å². The first-order chi connectivity index (χ1) is 11.6. The predicted octanol–water partition coefficient (Wildman–Crippen LogP) is 2.01. The summed E-state index contributed by atoms with van der Waals surface area (Å²) in [6.07, 6.45) is -0.242. The summed E-state index contributed by atoms with van der Waals surface area (Å²) in [5, 5.41) is 20.6. The molecule has 0 aliphatic heterocycles. The third kappa shape index (κ3) is 3.58. The van der Waals surface area contributed by atoms with Gasteiger partial charge in [-0.15, -0.1) is 0 Å². The number of rotatable bonds is 5. The molecule has 2 rings (SSSR count). The molecule has 0 saturated heterocycles. The van der Waals surface area contributed by atoms with Crippen molar-refractivity contribution < 1.29 is 29.3 Å². The second-order valence-electron chi connectivity index (χ2n) is 6.86. The molecule has 1 aliphatic rings. The lowest BCUT2D eigenvalue weighted by atomic mass is 9.60. The molecule has 1 aromatic rings. The lowest BCUT2D eigenvalue weighted by Gasteiger charge is -2.44. The number of Topliss-reactive ketones (excluding diaryl/α,β-unsaturated/α-hetero) is 3. The van der Waals surface area contributed by atoms with Crippen LogP contribution in [0.2, 0.25) is 0 Å². The summed E-state index contributed by atoms with van der Waals surface area (Å²) >= 11 is 0. The molecule has 0 radical (unpaired) electrons. The minimum atomic E-state index is -1.54. The fourth-order valence-corrected chi connectivity index (χ4v) is 3.92. The molecule has 6 nitrogen and oxygen atoms in total. The van der Waals surface area contributed by atoms with Crippen LogP contribution in [0.5, 0.6) is 11.5 Å². The van der Waals surface area contributed by atoms with E-state index in [1.54, 1.807) is 13.0 Å². The number of aromatic hydroxyl groups is 1. The summed E-state index contributed by atoms with van der Waals surface area (Å²) in [7, 11) is 0. The van der Waals surface area contributed by atoms with Crippen LogP contribution < -0.4 is 4.74 Å². The van der Waals surface area contributed by atoms with Crippen molar-refractivity contribution in [2.75, 3.05) is 6.61 Å². The van der Waals surface area contributed by atoms with E-state index in [4.69, 9.17) is 4.74 Å². The fraction of sp³-hybridized carbons (Fsp3) is 0.526. The van der Waals surface area contributed by atoms with Crippen LogP contribution in [-0.2, 0) is 14.4 Å². The predicted molar refractivity (Wildman–Crippen MR) is 90.6 cm³/mol. The van der Waals surface area contributed by atoms with Crippen LogP contribution in [0.25, 0.3) is 0 Å². The van der Waals surface area contributed by atoms with Gasteiger partial charge in [-0.25, -0.2) is 0 Å². The average Bonchev–Trinajstić information content (AvgIpc) is 2.46. The molecule has 136 valence electrons. The van der Waals surface area contributed by atoms with E-state index in [2.05, 4.69) is 0 Å². The van der Waals surface area contributed by atoms with Gasteiger partial charge < -0.3 is 14.9 Å². The molecule has 0 amide bonds. The van der Waals surface area contributed by atoms with Gasteiger partial charge in [-0.2, -0.15) is 0 Å². The molecule has 0 unspecified atom stereocenters. The maximum Gasteiger partial charge on any atom is 0.161 e. The van der Waals surface area contributed by atoms with Crippen LogP contribution in [0.1, 0.15) is 45.6 Å². The number of hydrogen-bond donors (Lipinski definition) is 2. The quantitative estimate of drug-likeness (QED) is 0.790. The SMILES string of the molecule is CCOc1cc([C@@H]2[C@H](C(C)=O)C(=O)C[C@@](C)(O)[C@@H]2C(C)=O)ccc1O. The zero-order valence-electron chi connectivity index (χ0n) is 14.9. The van der Waals surface area contributed by atoms with Crippen LogP contribution in [0, 0.1) is 11.8 Å². The number of benzene rings is 1. The summed E-state index contributed by atoms with van der Waals surface area (Å²) in [6.45, 7) is 6.20. The minimum Gasteiger partial charge on any atom is -0.504 e. The highest BCUT2D eigenvalue weighted by molar-refractivity contribution is 6.05. The maximum absolute atomic E-state index is 12.5. The van der Waals surface area contributed by atoms with Gasteiger partial charge in [0.25, 0.3) is 0 Å². The Kier molecular flexibility index (Phi) is 5.32. The second-order valence-corrected chi connectivity index (χ2v) is 6.86. The van der Waals surface area contributed by atoms with Crippen LogP contribution in [0.4, 0.5) is 0 Å². The van der Waals surface area contributed by atoms with Crippen molar-refractivity contribution in [1.82, 2.24) is 0 Å². The van der Waals surface area contributed by atoms with Crippen molar-refractivity contribution >= 4 is 17.3 Å². The Bertz CT molecular complexity index is 706. The molecule has 25 heavy (non-hydrogen) atoms. The first kappa shape index (κ1) is 19.1. The molecule has 0 heterocycles. The van der Waals surface area contributed by atoms with E-state index in [0.29, 0.717) is 12.2 Å². The van der Waals surface area contributed by atoms with E-state index in [9.17, 15) is 24.6 Å². The Balaban J connectivity index is 2.64. The molecule has 6 heteroatoms. The second kappa shape index (κ2) is 6.96. The first-order valence-electron chi connectivity index (χ1n) is 8.31. The normalized spacial score (nSPS) is 29.3. The molecule has 0 spiro atoms. The van der Waals surface area contributed by atoms with Gasteiger partial charge in [0.15, 0.2) is 11.5 Å². The summed E-state index contributed by atoms with van der Waals surface area (Å²) in [5.74, 6) is -3.59. The molecule has 4 atom stereocenters. The van der Waals surface area contributed by atoms with E-state index >= 15 is 0 Å². The van der Waals surface area contributed by atoms with Crippen LogP contribution in [0.3, 0.4) is 0 Å². The standard InChI is InChI=1S/C19H24O6/c1-5-25-15-8-12(6-7-13(15)22)17-16(10(2)20)14(23)9-19(4,24)18(17)11(3)21/h6-8,16-18,22,24H,5,9H2,1-4H3/t16-,17-,18-,19-/m1/s1. The highest BCUT2D eigenvalue weighted by atomic mass is 16.5. The lowest BCUT2D eigenvalue weighted by molar-refractivity contribution is -0.151. The van der Waals surface area contributed by atoms with Gasteiger partial charge in [-0.1, -0.05) is 6.07 Å². The topological polar surface area (TPSA) is 101 Å². The zero-order valence-corrected chi connectivity index (χ0v) is 14.9. The summed E-state index contributed by atoms with van der Waals surface area (Å²) in [5.41, 5.74) is -1.03. The molecular weight excluding hydrogens is 324 g/mol. The highest BCUT2D eigenvalue weighted by Crippen LogP contribution is 2.47. The van der Waals surface area contributed by atoms with Crippen molar-refractivity contribution in [3.05, 3.63) is 23.8 Å². The van der Waals surface area contributed by atoms with Crippen LogP contribution in [-0.4, -0.2) is 39.8 Å². The number of carbonyl (C=O) groups is 3. The van der Waals surface area contributed by atoms with E-state index in [0.717, 1.165) is 0 Å². The molecule has 1 saturated carbocycles. The minimum absolute atomic E-state index is 0.0711. The van der Waals surface area contributed by atoms with Crippen molar-refractivity contribution in [1.29, 1.82) is 0 Å². The molecular formula is C19H24O6. The van der Waals surface area contributed by atoms with E-state index < -0.39 is 23.4 Å². The van der Waals surface area contributed by atoms with Gasteiger partial charge in [0.1, 0.15) is 17.3 Å². The summed E-state index contributed by atoms with van der Waals surface area (Å²) < 4.78 is 5.37. The number of aliphatic hydroxyl groups is 1.